The number of hydrogen-bond donors (Lipinski definition) is 1. The van der Waals surface area contributed by atoms with Crippen molar-refractivity contribution < 1.29 is 9.18 Å². The van der Waals surface area contributed by atoms with E-state index in [1.165, 1.54) is 17.7 Å². The highest BCUT2D eigenvalue weighted by Gasteiger charge is 2.17. The highest BCUT2D eigenvalue weighted by atomic mass is 19.1. The van der Waals surface area contributed by atoms with E-state index in [1.807, 2.05) is 25.1 Å². The minimum atomic E-state index is -0.293. The molecule has 0 unspecified atom stereocenters. The lowest BCUT2D eigenvalue weighted by atomic mass is 10.0. The van der Waals surface area contributed by atoms with E-state index in [0.717, 1.165) is 18.4 Å². The summed E-state index contributed by atoms with van der Waals surface area (Å²) in [6.45, 7) is 2.67. The Hall–Kier alpha value is -3.02. The number of amides is 1. The Bertz CT molecular complexity index is 861. The first-order valence-corrected chi connectivity index (χ1v) is 9.16. The van der Waals surface area contributed by atoms with Crippen LogP contribution in [-0.4, -0.2) is 20.9 Å². The van der Waals surface area contributed by atoms with Crippen molar-refractivity contribution in [2.75, 3.05) is 0 Å². The van der Waals surface area contributed by atoms with Gasteiger partial charge in [0.15, 0.2) is 5.69 Å². The second kappa shape index (κ2) is 9.07. The van der Waals surface area contributed by atoms with Gasteiger partial charge < -0.3 is 5.32 Å². The number of nitrogens with one attached hydrogen (secondary N) is 1. The lowest BCUT2D eigenvalue weighted by molar-refractivity contribution is 0.0930. The van der Waals surface area contributed by atoms with Gasteiger partial charge >= 0.3 is 0 Å². The van der Waals surface area contributed by atoms with Gasteiger partial charge in [-0.25, -0.2) is 4.39 Å². The van der Waals surface area contributed by atoms with Crippen molar-refractivity contribution in [2.24, 2.45) is 0 Å². The Morgan fingerprint density at radius 3 is 2.59 bits per heavy atom. The maximum Gasteiger partial charge on any atom is 0.273 e. The molecule has 0 fully saturated rings. The first-order chi connectivity index (χ1) is 13.2. The van der Waals surface area contributed by atoms with Crippen LogP contribution in [0.25, 0.3) is 0 Å². The smallest absolute Gasteiger partial charge is 0.273 e. The largest absolute Gasteiger partial charge is 0.344 e. The lowest BCUT2D eigenvalue weighted by Crippen LogP contribution is -2.28. The molecule has 1 atom stereocenters. The van der Waals surface area contributed by atoms with E-state index in [1.54, 1.807) is 23.0 Å². The van der Waals surface area contributed by atoms with Crippen LogP contribution in [0.15, 0.2) is 60.8 Å². The first-order valence-electron chi connectivity index (χ1n) is 9.16. The average molecular weight is 366 g/mol. The zero-order valence-corrected chi connectivity index (χ0v) is 15.3. The molecule has 1 amide bonds. The van der Waals surface area contributed by atoms with Gasteiger partial charge in [0, 0.05) is 6.54 Å². The van der Waals surface area contributed by atoms with Gasteiger partial charge in [-0.3, -0.25) is 9.48 Å². The maximum absolute atomic E-state index is 13.1. The van der Waals surface area contributed by atoms with Crippen molar-refractivity contribution >= 4 is 5.91 Å². The highest BCUT2D eigenvalue weighted by Crippen LogP contribution is 2.17. The molecule has 6 heteroatoms. The molecule has 0 aliphatic rings. The summed E-state index contributed by atoms with van der Waals surface area (Å²) in [4.78, 5) is 12.5. The Morgan fingerprint density at radius 1 is 1.15 bits per heavy atom. The molecule has 27 heavy (non-hydrogen) atoms. The normalized spacial score (nSPS) is 11.9. The monoisotopic (exact) mass is 366 g/mol. The minimum Gasteiger partial charge on any atom is -0.344 e. The number of rotatable bonds is 8. The van der Waals surface area contributed by atoms with Crippen molar-refractivity contribution in [3.05, 3.63) is 83.4 Å². The van der Waals surface area contributed by atoms with Crippen LogP contribution in [0.4, 0.5) is 4.39 Å². The van der Waals surface area contributed by atoms with Crippen LogP contribution in [0.3, 0.4) is 0 Å². The second-order valence-corrected chi connectivity index (χ2v) is 6.44. The summed E-state index contributed by atoms with van der Waals surface area (Å²) in [6.07, 6.45) is 4.23. The molecule has 0 spiro atoms. The molecule has 0 aliphatic carbocycles. The summed E-state index contributed by atoms with van der Waals surface area (Å²) in [5, 5.41) is 11.0. The third-order valence-electron chi connectivity index (χ3n) is 4.45. The SMILES string of the molecule is CC[C@@H](NC(=O)c1cn(CCCc2ccccc2)nn1)c1ccc(F)cc1. The van der Waals surface area contributed by atoms with Gasteiger partial charge in [-0.2, -0.15) is 0 Å². The molecule has 3 aromatic rings. The van der Waals surface area contributed by atoms with Gasteiger partial charge in [-0.1, -0.05) is 54.6 Å². The Labute approximate surface area is 158 Å². The lowest BCUT2D eigenvalue weighted by Gasteiger charge is -2.16. The van der Waals surface area contributed by atoms with E-state index < -0.39 is 0 Å². The van der Waals surface area contributed by atoms with E-state index in [4.69, 9.17) is 0 Å². The average Bonchev–Trinajstić information content (AvgIpc) is 3.17. The van der Waals surface area contributed by atoms with Gasteiger partial charge in [0.05, 0.1) is 12.2 Å². The molecule has 1 heterocycles. The molecule has 0 saturated heterocycles. The quantitative estimate of drug-likeness (QED) is 0.657. The molecule has 140 valence electrons. The first kappa shape index (κ1) is 18.8. The number of aryl methyl sites for hydroxylation is 2. The van der Waals surface area contributed by atoms with Gasteiger partial charge in [-0.15, -0.1) is 5.10 Å². The van der Waals surface area contributed by atoms with Crippen molar-refractivity contribution in [2.45, 2.75) is 38.8 Å². The summed E-state index contributed by atoms with van der Waals surface area (Å²) in [5.41, 5.74) is 2.43. The predicted octanol–water partition coefficient (Wildman–Crippen LogP) is 3.93. The molecule has 3 rings (SSSR count). The topological polar surface area (TPSA) is 59.8 Å². The summed E-state index contributed by atoms with van der Waals surface area (Å²) < 4.78 is 14.8. The van der Waals surface area contributed by atoms with E-state index in [2.05, 4.69) is 27.8 Å². The van der Waals surface area contributed by atoms with E-state index in [0.29, 0.717) is 13.0 Å². The molecule has 2 aromatic carbocycles. The fraction of sp³-hybridized carbons (Fsp3) is 0.286. The molecular weight excluding hydrogens is 343 g/mol. The Balaban J connectivity index is 1.55. The number of carbonyl (C=O) groups is 1. The van der Waals surface area contributed by atoms with E-state index in [-0.39, 0.29) is 23.5 Å². The Morgan fingerprint density at radius 2 is 1.89 bits per heavy atom. The maximum atomic E-state index is 13.1. The Kier molecular flexibility index (Phi) is 6.30. The van der Waals surface area contributed by atoms with Gasteiger partial charge in [-0.05, 0) is 42.5 Å². The van der Waals surface area contributed by atoms with Crippen LogP contribution in [0, 0.1) is 5.82 Å². The standard InChI is InChI=1S/C21H23FN4O/c1-2-19(17-10-12-18(22)13-11-17)23-21(27)20-15-26(25-24-20)14-6-9-16-7-4-3-5-8-16/h3-5,7-8,10-13,15,19H,2,6,9,14H2,1H3,(H,23,27)/t19-/m1/s1. The van der Waals surface area contributed by atoms with Crippen LogP contribution < -0.4 is 5.32 Å². The van der Waals surface area contributed by atoms with Gasteiger partial charge in [0.25, 0.3) is 5.91 Å². The summed E-state index contributed by atoms with van der Waals surface area (Å²) >= 11 is 0. The molecule has 1 aromatic heterocycles. The van der Waals surface area contributed by atoms with Crippen LogP contribution in [0.5, 0.6) is 0 Å². The molecular formula is C21H23FN4O. The summed E-state index contributed by atoms with van der Waals surface area (Å²) in [6, 6.07) is 16.2. The van der Waals surface area contributed by atoms with Crippen LogP contribution in [0.2, 0.25) is 0 Å². The number of benzene rings is 2. The zero-order valence-electron chi connectivity index (χ0n) is 15.3. The van der Waals surface area contributed by atoms with Crippen molar-refractivity contribution in [1.29, 1.82) is 0 Å². The molecule has 5 nitrogen and oxygen atoms in total. The van der Waals surface area contributed by atoms with Crippen LogP contribution in [-0.2, 0) is 13.0 Å². The van der Waals surface area contributed by atoms with Crippen LogP contribution in [0.1, 0.15) is 47.4 Å². The second-order valence-electron chi connectivity index (χ2n) is 6.44. The molecule has 0 bridgehead atoms. The molecule has 0 radical (unpaired) electrons. The summed E-state index contributed by atoms with van der Waals surface area (Å²) in [7, 11) is 0. The van der Waals surface area contributed by atoms with Gasteiger partial charge in [0.1, 0.15) is 5.82 Å². The molecule has 0 aliphatic heterocycles. The van der Waals surface area contributed by atoms with Crippen molar-refractivity contribution in [3.8, 4) is 0 Å². The zero-order chi connectivity index (χ0) is 19.1. The third kappa shape index (κ3) is 5.23. The minimum absolute atomic E-state index is 0.193. The number of aromatic nitrogens is 3. The number of nitrogens with zero attached hydrogens (tertiary/aromatic N) is 3. The predicted molar refractivity (Wildman–Crippen MR) is 102 cm³/mol. The number of carbonyl (C=O) groups excluding carboxylic acids is 1. The van der Waals surface area contributed by atoms with E-state index >= 15 is 0 Å². The summed E-state index contributed by atoms with van der Waals surface area (Å²) in [5.74, 6) is -0.571. The highest BCUT2D eigenvalue weighted by molar-refractivity contribution is 5.92. The fourth-order valence-corrected chi connectivity index (χ4v) is 2.95. The van der Waals surface area contributed by atoms with E-state index in [9.17, 15) is 9.18 Å². The fourth-order valence-electron chi connectivity index (χ4n) is 2.95. The van der Waals surface area contributed by atoms with Crippen molar-refractivity contribution in [1.82, 2.24) is 20.3 Å². The van der Waals surface area contributed by atoms with Crippen molar-refractivity contribution in [3.63, 3.8) is 0 Å². The third-order valence-corrected chi connectivity index (χ3v) is 4.45. The number of hydrogen-bond acceptors (Lipinski definition) is 3. The molecule has 1 N–H and O–H groups in total. The molecule has 0 saturated carbocycles. The number of halogens is 1. The van der Waals surface area contributed by atoms with Crippen LogP contribution >= 0.6 is 0 Å². The van der Waals surface area contributed by atoms with Gasteiger partial charge in [0.2, 0.25) is 0 Å².